The fraction of sp³-hybridized carbons (Fsp3) is 0.429. The Morgan fingerprint density at radius 1 is 1.28 bits per heavy atom. The van der Waals surface area contributed by atoms with Gasteiger partial charge in [-0.05, 0) is 78.9 Å². The van der Waals surface area contributed by atoms with Gasteiger partial charge < -0.3 is 15.6 Å². The molecule has 0 saturated carbocycles. The fourth-order valence-corrected chi connectivity index (χ4v) is 6.92. The Kier molecular flexibility index (Phi) is 6.19. The summed E-state index contributed by atoms with van der Waals surface area (Å²) in [4.78, 5) is 22.3. The summed E-state index contributed by atoms with van der Waals surface area (Å²) in [5.74, 6) is 0. The molecule has 0 bridgehead atoms. The molecule has 3 N–H and O–H groups in total. The zero-order valence-electron chi connectivity index (χ0n) is 21.0. The summed E-state index contributed by atoms with van der Waals surface area (Å²) < 4.78 is 1.34. The van der Waals surface area contributed by atoms with Gasteiger partial charge in [0.2, 0.25) is 0 Å². The van der Waals surface area contributed by atoms with Crippen LogP contribution in [-0.4, -0.2) is 52.5 Å². The number of hydrogen-bond acceptors (Lipinski definition) is 6. The van der Waals surface area contributed by atoms with E-state index in [-0.39, 0.29) is 17.6 Å². The Morgan fingerprint density at radius 2 is 2.17 bits per heavy atom. The van der Waals surface area contributed by atoms with E-state index >= 15 is 0 Å². The van der Waals surface area contributed by atoms with Gasteiger partial charge >= 0.3 is 6.03 Å². The number of benzene rings is 1. The van der Waals surface area contributed by atoms with Gasteiger partial charge in [0.05, 0.1) is 11.6 Å². The van der Waals surface area contributed by atoms with E-state index < -0.39 is 0 Å². The van der Waals surface area contributed by atoms with Crippen molar-refractivity contribution >= 4 is 27.5 Å². The number of urea groups is 1. The molecule has 0 spiro atoms. The molecule has 1 saturated heterocycles. The third-order valence-corrected chi connectivity index (χ3v) is 8.79. The molecule has 3 aliphatic rings. The summed E-state index contributed by atoms with van der Waals surface area (Å²) in [5.41, 5.74) is 12.6. The van der Waals surface area contributed by atoms with E-state index in [1.54, 1.807) is 0 Å². The molecule has 6 rings (SSSR count). The molecule has 2 aromatic heterocycles. The number of likely N-dealkylation sites (tertiary alicyclic amines) is 1. The minimum atomic E-state index is -0.233. The van der Waals surface area contributed by atoms with Crippen molar-refractivity contribution in [1.82, 2.24) is 31.0 Å². The van der Waals surface area contributed by atoms with Crippen LogP contribution < -0.4 is 16.2 Å². The molecule has 0 radical (unpaired) electrons. The number of rotatable bonds is 4. The molecule has 1 fully saturated rings. The van der Waals surface area contributed by atoms with Crippen LogP contribution in [0.25, 0.3) is 10.1 Å². The minimum Gasteiger partial charge on any atom is -0.332 e. The molecular weight excluding hydrogens is 468 g/mol. The molecule has 3 aliphatic heterocycles. The number of aromatic nitrogens is 1. The van der Waals surface area contributed by atoms with E-state index in [4.69, 9.17) is 0 Å². The van der Waals surface area contributed by atoms with Crippen LogP contribution in [0.2, 0.25) is 0 Å². The largest absolute Gasteiger partial charge is 0.332 e. The van der Waals surface area contributed by atoms with Gasteiger partial charge in [-0.3, -0.25) is 9.88 Å². The smallest absolute Gasteiger partial charge is 0.318 e. The van der Waals surface area contributed by atoms with Crippen molar-refractivity contribution in [1.29, 1.82) is 0 Å². The van der Waals surface area contributed by atoms with E-state index in [0.29, 0.717) is 6.54 Å². The Balaban J connectivity index is 1.11. The molecule has 5 heterocycles. The van der Waals surface area contributed by atoms with E-state index in [1.807, 2.05) is 29.4 Å². The summed E-state index contributed by atoms with van der Waals surface area (Å²) in [7, 11) is 0. The monoisotopic (exact) mass is 502 g/mol. The number of hydrogen-bond donors (Lipinski definition) is 3. The lowest BCUT2D eigenvalue weighted by atomic mass is 9.90. The molecule has 1 aromatic carbocycles. The Morgan fingerprint density at radius 3 is 3.06 bits per heavy atom. The first-order valence-corrected chi connectivity index (χ1v) is 13.8. The standard InChI is InChI=1S/C28H34N6OS/c1-19-14-20(8-11-29-19)26-23-16-34(13-9-24(23)31-32-26)27(35)30-28(2)10-5-12-33(18-28)15-21-17-36-25-7-4-3-6-22(21)25/h3-4,6-8,11,14,17,26,31-32H,5,9-10,12-13,15-16,18H2,1-2H3,(H,30,35). The molecule has 36 heavy (non-hydrogen) atoms. The van der Waals surface area contributed by atoms with Crippen molar-refractivity contribution in [2.75, 3.05) is 26.2 Å². The highest BCUT2D eigenvalue weighted by Crippen LogP contribution is 2.33. The number of amides is 2. The molecule has 2 unspecified atom stereocenters. The minimum absolute atomic E-state index is 0.0449. The average Bonchev–Trinajstić information content (AvgIpc) is 3.48. The first-order valence-electron chi connectivity index (χ1n) is 12.9. The van der Waals surface area contributed by atoms with Crippen LogP contribution in [0.3, 0.4) is 0 Å². The average molecular weight is 503 g/mol. The highest BCUT2D eigenvalue weighted by molar-refractivity contribution is 7.17. The SMILES string of the molecule is Cc1cc(C2NNC3=C2CN(C(=O)NC2(C)CCCN(Cc4csc5ccccc45)C2)CC3)ccn1. The quantitative estimate of drug-likeness (QED) is 0.491. The summed E-state index contributed by atoms with van der Waals surface area (Å²) in [6.07, 6.45) is 4.78. The number of fused-ring (bicyclic) bond motifs is 1. The predicted octanol–water partition coefficient (Wildman–Crippen LogP) is 4.48. The molecule has 2 amide bonds. The van der Waals surface area contributed by atoms with E-state index in [1.165, 1.54) is 32.5 Å². The van der Waals surface area contributed by atoms with Crippen molar-refractivity contribution in [3.05, 3.63) is 76.1 Å². The van der Waals surface area contributed by atoms with Crippen LogP contribution in [0.5, 0.6) is 0 Å². The topological polar surface area (TPSA) is 72.5 Å². The lowest BCUT2D eigenvalue weighted by molar-refractivity contribution is 0.121. The molecule has 3 aromatic rings. The van der Waals surface area contributed by atoms with E-state index in [0.717, 1.165) is 51.1 Å². The number of thiophene rings is 1. The van der Waals surface area contributed by atoms with Gasteiger partial charge in [-0.15, -0.1) is 11.3 Å². The number of aryl methyl sites for hydroxylation is 1. The lowest BCUT2D eigenvalue weighted by Gasteiger charge is -2.42. The number of carbonyl (C=O) groups is 1. The molecule has 188 valence electrons. The summed E-state index contributed by atoms with van der Waals surface area (Å²) in [6, 6.07) is 12.9. The second-order valence-corrected chi connectivity index (χ2v) is 11.6. The number of nitrogens with one attached hydrogen (secondary N) is 3. The van der Waals surface area contributed by atoms with Gasteiger partial charge in [-0.1, -0.05) is 18.2 Å². The Hall–Kier alpha value is -2.94. The molecule has 8 heteroatoms. The van der Waals surface area contributed by atoms with Crippen LogP contribution in [0.15, 0.2) is 59.2 Å². The Bertz CT molecular complexity index is 1320. The third kappa shape index (κ3) is 4.61. The highest BCUT2D eigenvalue weighted by Gasteiger charge is 2.37. The lowest BCUT2D eigenvalue weighted by Crippen LogP contribution is -2.59. The summed E-state index contributed by atoms with van der Waals surface area (Å²) in [5, 5.41) is 7.08. The number of carbonyl (C=O) groups excluding carboxylic acids is 1. The van der Waals surface area contributed by atoms with Crippen LogP contribution in [0, 0.1) is 6.92 Å². The fourth-order valence-electron chi connectivity index (χ4n) is 5.96. The Labute approximate surface area is 216 Å². The van der Waals surface area contributed by atoms with Crippen molar-refractivity contribution < 1.29 is 4.79 Å². The molecule has 0 aliphatic carbocycles. The van der Waals surface area contributed by atoms with Crippen LogP contribution in [0.4, 0.5) is 4.79 Å². The maximum absolute atomic E-state index is 13.5. The molecule has 7 nitrogen and oxygen atoms in total. The second-order valence-electron chi connectivity index (χ2n) is 10.7. The first-order chi connectivity index (χ1) is 17.5. The highest BCUT2D eigenvalue weighted by atomic mass is 32.1. The number of pyridine rings is 1. The van der Waals surface area contributed by atoms with Crippen molar-refractivity contribution in [3.63, 3.8) is 0 Å². The predicted molar refractivity (Wildman–Crippen MR) is 144 cm³/mol. The number of nitrogens with zero attached hydrogens (tertiary/aromatic N) is 3. The first kappa shape index (κ1) is 23.5. The van der Waals surface area contributed by atoms with Gasteiger partial charge in [-0.2, -0.15) is 0 Å². The van der Waals surface area contributed by atoms with Gasteiger partial charge in [-0.25, -0.2) is 10.2 Å². The van der Waals surface area contributed by atoms with Gasteiger partial charge in [0.25, 0.3) is 0 Å². The third-order valence-electron chi connectivity index (χ3n) is 7.78. The van der Waals surface area contributed by atoms with Gasteiger partial charge in [0.15, 0.2) is 0 Å². The van der Waals surface area contributed by atoms with Crippen LogP contribution in [-0.2, 0) is 6.54 Å². The summed E-state index contributed by atoms with van der Waals surface area (Å²) in [6.45, 7) is 8.44. The van der Waals surface area contributed by atoms with Crippen molar-refractivity contribution in [2.24, 2.45) is 0 Å². The zero-order chi connectivity index (χ0) is 24.7. The molecular formula is C28H34N6OS. The van der Waals surface area contributed by atoms with Crippen molar-refractivity contribution in [3.8, 4) is 0 Å². The maximum atomic E-state index is 13.5. The van der Waals surface area contributed by atoms with Crippen LogP contribution in [0.1, 0.15) is 49.0 Å². The zero-order valence-corrected chi connectivity index (χ0v) is 21.8. The summed E-state index contributed by atoms with van der Waals surface area (Å²) >= 11 is 1.82. The van der Waals surface area contributed by atoms with Crippen LogP contribution >= 0.6 is 11.3 Å². The van der Waals surface area contributed by atoms with E-state index in [9.17, 15) is 4.79 Å². The van der Waals surface area contributed by atoms with E-state index in [2.05, 4.69) is 74.8 Å². The number of hydrazine groups is 1. The van der Waals surface area contributed by atoms with Crippen molar-refractivity contribution in [2.45, 2.75) is 51.2 Å². The normalized spacial score (nSPS) is 24.6. The maximum Gasteiger partial charge on any atom is 0.318 e. The molecule has 2 atom stereocenters. The van der Waals surface area contributed by atoms with Gasteiger partial charge in [0.1, 0.15) is 0 Å². The second kappa shape index (κ2) is 9.50. The van der Waals surface area contributed by atoms with Gasteiger partial charge in [0, 0.05) is 54.9 Å². The number of piperidine rings is 1.